The number of carbonyl (C=O) groups excluding carboxylic acids is 1. The van der Waals surface area contributed by atoms with Crippen molar-refractivity contribution in [3.05, 3.63) is 60.7 Å². The fourth-order valence-corrected chi connectivity index (χ4v) is 3.38. The van der Waals surface area contributed by atoms with E-state index in [1.807, 2.05) is 56.3 Å². The SMILES string of the molecule is CC(C)C(NC(=O)CCSc1ccccc1)c1nc(-c2cccnc2)no1. The largest absolute Gasteiger partial charge is 0.344 e. The van der Waals surface area contributed by atoms with Crippen LogP contribution in [0.5, 0.6) is 0 Å². The molecule has 3 rings (SSSR count). The molecule has 1 amide bonds. The molecule has 140 valence electrons. The number of rotatable bonds is 8. The number of hydrogen-bond acceptors (Lipinski definition) is 6. The number of aromatic nitrogens is 3. The summed E-state index contributed by atoms with van der Waals surface area (Å²) >= 11 is 1.66. The molecule has 0 saturated heterocycles. The van der Waals surface area contributed by atoms with E-state index in [4.69, 9.17) is 4.52 Å². The minimum atomic E-state index is -0.322. The van der Waals surface area contributed by atoms with Gasteiger partial charge >= 0.3 is 0 Å². The first-order chi connectivity index (χ1) is 13.1. The van der Waals surface area contributed by atoms with E-state index in [0.717, 1.165) is 10.5 Å². The van der Waals surface area contributed by atoms with E-state index >= 15 is 0 Å². The van der Waals surface area contributed by atoms with Gasteiger partial charge in [0.1, 0.15) is 6.04 Å². The van der Waals surface area contributed by atoms with Crippen LogP contribution in [0.25, 0.3) is 11.4 Å². The van der Waals surface area contributed by atoms with Crippen LogP contribution in [0.3, 0.4) is 0 Å². The second kappa shape index (κ2) is 9.32. The van der Waals surface area contributed by atoms with Crippen LogP contribution in [0.15, 0.2) is 64.3 Å². The van der Waals surface area contributed by atoms with Crippen molar-refractivity contribution in [2.24, 2.45) is 5.92 Å². The molecule has 6 nitrogen and oxygen atoms in total. The van der Waals surface area contributed by atoms with Crippen LogP contribution in [-0.4, -0.2) is 26.8 Å². The van der Waals surface area contributed by atoms with Crippen LogP contribution < -0.4 is 5.32 Å². The summed E-state index contributed by atoms with van der Waals surface area (Å²) in [7, 11) is 0. The number of nitrogens with zero attached hydrogens (tertiary/aromatic N) is 3. The molecule has 0 saturated carbocycles. The van der Waals surface area contributed by atoms with Gasteiger partial charge in [0.15, 0.2) is 0 Å². The van der Waals surface area contributed by atoms with Gasteiger partial charge in [0, 0.05) is 35.0 Å². The van der Waals surface area contributed by atoms with Crippen LogP contribution in [0.2, 0.25) is 0 Å². The Labute approximate surface area is 162 Å². The van der Waals surface area contributed by atoms with Crippen molar-refractivity contribution in [2.75, 3.05) is 5.75 Å². The van der Waals surface area contributed by atoms with Gasteiger partial charge in [0.05, 0.1) is 0 Å². The van der Waals surface area contributed by atoms with Gasteiger partial charge in [0.2, 0.25) is 17.6 Å². The lowest BCUT2D eigenvalue weighted by molar-refractivity contribution is -0.122. The minimum Gasteiger partial charge on any atom is -0.344 e. The van der Waals surface area contributed by atoms with E-state index in [0.29, 0.717) is 23.9 Å². The number of nitrogens with one attached hydrogen (secondary N) is 1. The Morgan fingerprint density at radius 1 is 1.19 bits per heavy atom. The van der Waals surface area contributed by atoms with Crippen molar-refractivity contribution in [2.45, 2.75) is 31.2 Å². The first-order valence-corrected chi connectivity index (χ1v) is 9.83. The van der Waals surface area contributed by atoms with E-state index < -0.39 is 0 Å². The maximum absolute atomic E-state index is 12.4. The zero-order chi connectivity index (χ0) is 19.1. The molecule has 1 unspecified atom stereocenters. The van der Waals surface area contributed by atoms with Gasteiger partial charge in [-0.2, -0.15) is 4.98 Å². The lowest BCUT2D eigenvalue weighted by Crippen LogP contribution is -2.32. The number of hydrogen-bond donors (Lipinski definition) is 1. The maximum atomic E-state index is 12.4. The number of thioether (sulfide) groups is 1. The van der Waals surface area contributed by atoms with E-state index in [1.54, 1.807) is 24.2 Å². The molecule has 0 bridgehead atoms. The van der Waals surface area contributed by atoms with Gasteiger partial charge in [-0.3, -0.25) is 9.78 Å². The van der Waals surface area contributed by atoms with E-state index in [-0.39, 0.29) is 17.9 Å². The molecular weight excluding hydrogens is 360 g/mol. The third-order valence-corrected chi connectivity index (χ3v) is 4.97. The van der Waals surface area contributed by atoms with E-state index in [2.05, 4.69) is 20.4 Å². The summed E-state index contributed by atoms with van der Waals surface area (Å²) in [5.41, 5.74) is 0.778. The third kappa shape index (κ3) is 5.40. The van der Waals surface area contributed by atoms with E-state index in [1.165, 1.54) is 0 Å². The molecule has 0 aliphatic rings. The van der Waals surface area contributed by atoms with Crippen LogP contribution in [0, 0.1) is 5.92 Å². The lowest BCUT2D eigenvalue weighted by atomic mass is 10.0. The summed E-state index contributed by atoms with van der Waals surface area (Å²) in [5, 5.41) is 7.04. The Morgan fingerprint density at radius 3 is 2.70 bits per heavy atom. The fourth-order valence-electron chi connectivity index (χ4n) is 2.51. The van der Waals surface area contributed by atoms with Crippen molar-refractivity contribution in [1.29, 1.82) is 0 Å². The van der Waals surface area contributed by atoms with Crippen molar-refractivity contribution in [3.63, 3.8) is 0 Å². The Balaban J connectivity index is 1.59. The van der Waals surface area contributed by atoms with Crippen LogP contribution in [-0.2, 0) is 4.79 Å². The first kappa shape index (κ1) is 19.1. The standard InChI is InChI=1S/C20H22N4O2S/c1-14(2)18(20-23-19(24-26-20)15-7-6-11-21-13-15)22-17(25)10-12-27-16-8-4-3-5-9-16/h3-9,11,13-14,18H,10,12H2,1-2H3,(H,22,25). The normalized spacial score (nSPS) is 12.1. The van der Waals surface area contributed by atoms with Crippen molar-refractivity contribution >= 4 is 17.7 Å². The average molecular weight is 382 g/mol. The van der Waals surface area contributed by atoms with Crippen molar-refractivity contribution < 1.29 is 9.32 Å². The Morgan fingerprint density at radius 2 is 2.00 bits per heavy atom. The van der Waals surface area contributed by atoms with E-state index in [9.17, 15) is 4.79 Å². The summed E-state index contributed by atoms with van der Waals surface area (Å²) in [4.78, 5) is 22.0. The molecule has 1 atom stereocenters. The molecule has 0 spiro atoms. The summed E-state index contributed by atoms with van der Waals surface area (Å²) in [6, 6.07) is 13.4. The van der Waals surface area contributed by atoms with Crippen LogP contribution in [0.1, 0.15) is 32.2 Å². The van der Waals surface area contributed by atoms with Crippen molar-refractivity contribution in [3.8, 4) is 11.4 Å². The quantitative estimate of drug-likeness (QED) is 0.590. The second-order valence-electron chi connectivity index (χ2n) is 6.40. The Kier molecular flexibility index (Phi) is 6.59. The molecule has 0 radical (unpaired) electrons. The van der Waals surface area contributed by atoms with Gasteiger partial charge < -0.3 is 9.84 Å². The first-order valence-electron chi connectivity index (χ1n) is 8.84. The fraction of sp³-hybridized carbons (Fsp3) is 0.300. The molecule has 0 fully saturated rings. The molecule has 2 heterocycles. The lowest BCUT2D eigenvalue weighted by Gasteiger charge is -2.18. The molecule has 3 aromatic rings. The molecule has 0 aliphatic carbocycles. The number of pyridine rings is 1. The summed E-state index contributed by atoms with van der Waals surface area (Å²) in [6.07, 6.45) is 3.79. The molecule has 1 aromatic carbocycles. The third-order valence-electron chi connectivity index (χ3n) is 3.95. The predicted octanol–water partition coefficient (Wildman–Crippen LogP) is 4.13. The second-order valence-corrected chi connectivity index (χ2v) is 7.57. The molecule has 0 aliphatic heterocycles. The zero-order valence-electron chi connectivity index (χ0n) is 15.3. The zero-order valence-corrected chi connectivity index (χ0v) is 16.1. The number of benzene rings is 1. The summed E-state index contributed by atoms with van der Waals surface area (Å²) in [5.74, 6) is 1.69. The molecule has 7 heteroatoms. The van der Waals surface area contributed by atoms with Gasteiger partial charge in [0.25, 0.3) is 0 Å². The predicted molar refractivity (Wildman–Crippen MR) is 105 cm³/mol. The Hall–Kier alpha value is -2.67. The Bertz CT molecular complexity index is 853. The molecule has 27 heavy (non-hydrogen) atoms. The van der Waals surface area contributed by atoms with Crippen LogP contribution in [0.4, 0.5) is 0 Å². The minimum absolute atomic E-state index is 0.0294. The van der Waals surface area contributed by atoms with Crippen LogP contribution >= 0.6 is 11.8 Å². The molecule has 2 aromatic heterocycles. The topological polar surface area (TPSA) is 80.9 Å². The van der Waals surface area contributed by atoms with Gasteiger partial charge in [-0.15, -0.1) is 11.8 Å². The average Bonchev–Trinajstić information content (AvgIpc) is 3.17. The van der Waals surface area contributed by atoms with Gasteiger partial charge in [-0.1, -0.05) is 37.2 Å². The number of carbonyl (C=O) groups is 1. The highest BCUT2D eigenvalue weighted by Crippen LogP contribution is 2.24. The monoisotopic (exact) mass is 382 g/mol. The summed E-state index contributed by atoms with van der Waals surface area (Å²) in [6.45, 7) is 4.02. The smallest absolute Gasteiger partial charge is 0.249 e. The molecular formula is C20H22N4O2S. The van der Waals surface area contributed by atoms with Gasteiger partial charge in [-0.25, -0.2) is 0 Å². The van der Waals surface area contributed by atoms with Gasteiger partial charge in [-0.05, 0) is 30.2 Å². The number of amides is 1. The summed E-state index contributed by atoms with van der Waals surface area (Å²) < 4.78 is 5.41. The highest BCUT2D eigenvalue weighted by Gasteiger charge is 2.24. The molecule has 1 N–H and O–H groups in total. The van der Waals surface area contributed by atoms with Crippen molar-refractivity contribution in [1.82, 2.24) is 20.4 Å². The highest BCUT2D eigenvalue weighted by atomic mass is 32.2. The highest BCUT2D eigenvalue weighted by molar-refractivity contribution is 7.99. The maximum Gasteiger partial charge on any atom is 0.249 e.